The van der Waals surface area contributed by atoms with Gasteiger partial charge in [-0.25, -0.2) is 8.42 Å². The molecule has 3 heterocycles. The number of aromatic nitrogens is 2. The van der Waals surface area contributed by atoms with Crippen molar-refractivity contribution in [1.82, 2.24) is 20.0 Å². The van der Waals surface area contributed by atoms with Crippen LogP contribution in [0.5, 0.6) is 0 Å². The smallest absolute Gasteiger partial charge is 0.277 e. The summed E-state index contributed by atoms with van der Waals surface area (Å²) in [5, 5.41) is 8.12. The first-order chi connectivity index (χ1) is 14.9. The first-order valence-corrected chi connectivity index (χ1v) is 13.3. The largest absolute Gasteiger partial charge is 0.416 e. The minimum Gasteiger partial charge on any atom is -0.416 e. The summed E-state index contributed by atoms with van der Waals surface area (Å²) in [6.07, 6.45) is 1.11. The van der Waals surface area contributed by atoms with Crippen molar-refractivity contribution in [2.24, 2.45) is 5.92 Å². The molecule has 0 aliphatic carbocycles. The van der Waals surface area contributed by atoms with Crippen LogP contribution in [0.3, 0.4) is 0 Å². The number of amides is 1. The Morgan fingerprint density at radius 3 is 2.61 bits per heavy atom. The van der Waals surface area contributed by atoms with E-state index in [1.165, 1.54) is 17.3 Å². The number of hydrogen-bond donors (Lipinski definition) is 0. The maximum Gasteiger partial charge on any atom is 0.277 e. The third kappa shape index (κ3) is 6.08. The lowest BCUT2D eigenvalue weighted by molar-refractivity contribution is -0.132. The molecule has 168 valence electrons. The molecule has 1 amide bonds. The van der Waals surface area contributed by atoms with E-state index in [1.807, 2.05) is 30.0 Å². The van der Waals surface area contributed by atoms with Gasteiger partial charge in [0.1, 0.15) is 0 Å². The first kappa shape index (κ1) is 22.3. The van der Waals surface area contributed by atoms with Gasteiger partial charge in [0.15, 0.2) is 9.84 Å². The van der Waals surface area contributed by atoms with Crippen LogP contribution in [-0.4, -0.2) is 77.3 Å². The predicted molar refractivity (Wildman–Crippen MR) is 118 cm³/mol. The van der Waals surface area contributed by atoms with Crippen molar-refractivity contribution in [3.8, 4) is 0 Å². The molecule has 2 saturated heterocycles. The summed E-state index contributed by atoms with van der Waals surface area (Å²) in [5.41, 5.74) is 1.29. The van der Waals surface area contributed by atoms with Gasteiger partial charge in [0, 0.05) is 39.1 Å². The molecule has 0 spiro atoms. The Bertz CT molecular complexity index is 988. The Hall–Kier alpha value is -1.91. The number of rotatable bonds is 7. The average Bonchev–Trinajstić information content (AvgIpc) is 3.34. The van der Waals surface area contributed by atoms with Gasteiger partial charge in [-0.05, 0) is 24.8 Å². The summed E-state index contributed by atoms with van der Waals surface area (Å²) in [4.78, 5) is 17.1. The molecular formula is C21H28N4O4S2. The van der Waals surface area contributed by atoms with E-state index >= 15 is 0 Å². The zero-order chi connectivity index (χ0) is 21.8. The molecule has 1 aromatic carbocycles. The second-order valence-electron chi connectivity index (χ2n) is 8.28. The van der Waals surface area contributed by atoms with Crippen LogP contribution in [-0.2, 0) is 27.6 Å². The molecule has 31 heavy (non-hydrogen) atoms. The second kappa shape index (κ2) is 9.70. The molecule has 2 unspecified atom stereocenters. The molecule has 2 aromatic rings. The molecule has 1 aromatic heterocycles. The molecule has 0 bridgehead atoms. The van der Waals surface area contributed by atoms with Crippen molar-refractivity contribution in [1.29, 1.82) is 0 Å². The van der Waals surface area contributed by atoms with E-state index < -0.39 is 9.84 Å². The number of piperazine rings is 1. The number of thioether (sulfide) groups is 1. The monoisotopic (exact) mass is 464 g/mol. The quantitative estimate of drug-likeness (QED) is 0.573. The van der Waals surface area contributed by atoms with Gasteiger partial charge in [0.2, 0.25) is 11.8 Å². The Kier molecular flexibility index (Phi) is 6.98. The lowest BCUT2D eigenvalue weighted by Crippen LogP contribution is -2.50. The average molecular weight is 465 g/mol. The van der Waals surface area contributed by atoms with Crippen LogP contribution in [0.4, 0.5) is 0 Å². The van der Waals surface area contributed by atoms with Gasteiger partial charge < -0.3 is 9.32 Å². The van der Waals surface area contributed by atoms with Gasteiger partial charge in [-0.15, -0.1) is 10.2 Å². The fraction of sp³-hybridized carbons (Fsp3) is 0.571. The van der Waals surface area contributed by atoms with Crippen molar-refractivity contribution >= 4 is 27.5 Å². The highest BCUT2D eigenvalue weighted by molar-refractivity contribution is 8.00. The maximum atomic E-state index is 12.9. The fourth-order valence-corrected chi connectivity index (χ4v) is 6.72. The Labute approximate surface area is 187 Å². The Morgan fingerprint density at radius 2 is 1.94 bits per heavy atom. The summed E-state index contributed by atoms with van der Waals surface area (Å²) in [6, 6.07) is 10.4. The van der Waals surface area contributed by atoms with Crippen LogP contribution in [0.1, 0.15) is 24.8 Å². The summed E-state index contributed by atoms with van der Waals surface area (Å²) in [6.45, 7) is 5.89. The van der Waals surface area contributed by atoms with Crippen molar-refractivity contribution in [3.05, 3.63) is 41.8 Å². The zero-order valence-electron chi connectivity index (χ0n) is 17.6. The predicted octanol–water partition coefficient (Wildman–Crippen LogP) is 1.87. The molecule has 2 aliphatic rings. The highest BCUT2D eigenvalue weighted by Crippen LogP contribution is 2.26. The fourth-order valence-electron chi connectivity index (χ4n) is 4.08. The molecule has 2 aliphatic heterocycles. The number of benzene rings is 1. The van der Waals surface area contributed by atoms with Crippen LogP contribution >= 0.6 is 11.8 Å². The van der Waals surface area contributed by atoms with Crippen LogP contribution in [0, 0.1) is 5.92 Å². The molecule has 2 fully saturated rings. The number of hydrogen-bond acceptors (Lipinski definition) is 8. The minimum atomic E-state index is -2.92. The van der Waals surface area contributed by atoms with Crippen LogP contribution in [0.2, 0.25) is 0 Å². The molecule has 8 nitrogen and oxygen atoms in total. The molecule has 0 saturated carbocycles. The molecule has 4 rings (SSSR count). The lowest BCUT2D eigenvalue weighted by Gasteiger charge is -2.35. The topological polar surface area (TPSA) is 96.6 Å². The summed E-state index contributed by atoms with van der Waals surface area (Å²) in [7, 11) is -2.92. The normalized spacial score (nSPS) is 22.5. The lowest BCUT2D eigenvalue weighted by atomic mass is 10.1. The SMILES string of the molecule is CC(Sc1nnc(CC2CCS(=O)(=O)C2)o1)C(=O)N1CCN(Cc2ccccc2)CC1. The number of sulfone groups is 1. The molecule has 0 radical (unpaired) electrons. The molecule has 0 N–H and O–H groups in total. The van der Waals surface area contributed by atoms with Crippen LogP contribution in [0.15, 0.2) is 40.0 Å². The summed E-state index contributed by atoms with van der Waals surface area (Å²) >= 11 is 1.26. The number of carbonyl (C=O) groups excluding carboxylic acids is 1. The van der Waals surface area contributed by atoms with Gasteiger partial charge in [0.05, 0.1) is 16.8 Å². The Balaban J connectivity index is 1.23. The molecular weight excluding hydrogens is 436 g/mol. The van der Waals surface area contributed by atoms with E-state index in [9.17, 15) is 13.2 Å². The summed E-state index contributed by atoms with van der Waals surface area (Å²) < 4.78 is 28.9. The highest BCUT2D eigenvalue weighted by atomic mass is 32.2. The van der Waals surface area contributed by atoms with E-state index in [4.69, 9.17) is 4.42 Å². The molecule has 10 heteroatoms. The van der Waals surface area contributed by atoms with E-state index in [0.717, 1.165) is 19.6 Å². The van der Waals surface area contributed by atoms with Crippen molar-refractivity contribution in [3.63, 3.8) is 0 Å². The standard InChI is InChI=1S/C21H28N4O4S2/c1-16(30-21-23-22-19(29-21)13-18-7-12-31(27,28)15-18)20(26)25-10-8-24(9-11-25)14-17-5-3-2-4-6-17/h2-6,16,18H,7-15H2,1H3. The van der Waals surface area contributed by atoms with E-state index in [1.54, 1.807) is 0 Å². The van der Waals surface area contributed by atoms with Crippen molar-refractivity contribution in [2.75, 3.05) is 37.7 Å². The van der Waals surface area contributed by atoms with Crippen molar-refractivity contribution < 1.29 is 17.6 Å². The van der Waals surface area contributed by atoms with Crippen LogP contribution in [0.25, 0.3) is 0 Å². The Morgan fingerprint density at radius 1 is 1.19 bits per heavy atom. The third-order valence-electron chi connectivity index (χ3n) is 5.80. The maximum absolute atomic E-state index is 12.9. The number of carbonyl (C=O) groups is 1. The van der Waals surface area contributed by atoms with Gasteiger partial charge >= 0.3 is 0 Å². The van der Waals surface area contributed by atoms with E-state index in [0.29, 0.717) is 37.0 Å². The molecule has 2 atom stereocenters. The van der Waals surface area contributed by atoms with E-state index in [-0.39, 0.29) is 28.6 Å². The van der Waals surface area contributed by atoms with Gasteiger partial charge in [-0.2, -0.15) is 0 Å². The van der Waals surface area contributed by atoms with E-state index in [2.05, 4.69) is 27.2 Å². The highest BCUT2D eigenvalue weighted by Gasteiger charge is 2.30. The summed E-state index contributed by atoms with van der Waals surface area (Å²) in [5.74, 6) is 0.972. The first-order valence-electron chi connectivity index (χ1n) is 10.6. The van der Waals surface area contributed by atoms with Gasteiger partial charge in [-0.3, -0.25) is 9.69 Å². The van der Waals surface area contributed by atoms with Gasteiger partial charge in [0.25, 0.3) is 5.22 Å². The van der Waals surface area contributed by atoms with Crippen LogP contribution < -0.4 is 0 Å². The second-order valence-corrected chi connectivity index (χ2v) is 11.8. The zero-order valence-corrected chi connectivity index (χ0v) is 19.3. The minimum absolute atomic E-state index is 0.0366. The number of nitrogens with zero attached hydrogens (tertiary/aromatic N) is 4. The van der Waals surface area contributed by atoms with Crippen molar-refractivity contribution in [2.45, 2.75) is 36.8 Å². The van der Waals surface area contributed by atoms with Gasteiger partial charge in [-0.1, -0.05) is 42.1 Å². The third-order valence-corrected chi connectivity index (χ3v) is 8.56.